The lowest BCUT2D eigenvalue weighted by Gasteiger charge is -2.38. The van der Waals surface area contributed by atoms with Gasteiger partial charge in [0.1, 0.15) is 0 Å². The Kier molecular flexibility index (Phi) is 4.38. The van der Waals surface area contributed by atoms with Gasteiger partial charge in [0.15, 0.2) is 0 Å². The third-order valence-corrected chi connectivity index (χ3v) is 4.38. The Labute approximate surface area is 110 Å². The van der Waals surface area contributed by atoms with Gasteiger partial charge >= 0.3 is 0 Å². The van der Waals surface area contributed by atoms with Crippen molar-refractivity contribution in [1.29, 1.82) is 0 Å². The first kappa shape index (κ1) is 13.5. The molecule has 18 heavy (non-hydrogen) atoms. The van der Waals surface area contributed by atoms with Crippen molar-refractivity contribution < 1.29 is 0 Å². The zero-order chi connectivity index (χ0) is 13.1. The second kappa shape index (κ2) is 5.83. The van der Waals surface area contributed by atoms with Gasteiger partial charge in [-0.2, -0.15) is 0 Å². The van der Waals surface area contributed by atoms with E-state index in [0.29, 0.717) is 6.04 Å². The zero-order valence-corrected chi connectivity index (χ0v) is 12.1. The SMILES string of the molecule is CC1CCC(C(C)C)C(NCc2cnnn2C)C1. The van der Waals surface area contributed by atoms with Gasteiger partial charge in [-0.25, -0.2) is 0 Å². The molecule has 4 nitrogen and oxygen atoms in total. The number of nitrogens with one attached hydrogen (secondary N) is 1. The topological polar surface area (TPSA) is 42.7 Å². The highest BCUT2D eigenvalue weighted by atomic mass is 15.4. The third kappa shape index (κ3) is 3.10. The maximum atomic E-state index is 3.98. The van der Waals surface area contributed by atoms with Crippen LogP contribution in [0.4, 0.5) is 0 Å². The van der Waals surface area contributed by atoms with Crippen LogP contribution in [-0.2, 0) is 13.6 Å². The van der Waals surface area contributed by atoms with E-state index in [1.807, 2.05) is 17.9 Å². The van der Waals surface area contributed by atoms with Gasteiger partial charge in [0.05, 0.1) is 11.9 Å². The van der Waals surface area contributed by atoms with Crippen LogP contribution in [0.15, 0.2) is 6.20 Å². The third-order valence-electron chi connectivity index (χ3n) is 4.38. The first-order valence-corrected chi connectivity index (χ1v) is 7.15. The summed E-state index contributed by atoms with van der Waals surface area (Å²) in [5, 5.41) is 11.6. The molecule has 3 unspecified atom stereocenters. The molecular formula is C14H26N4. The van der Waals surface area contributed by atoms with E-state index in [9.17, 15) is 0 Å². The fourth-order valence-electron chi connectivity index (χ4n) is 3.14. The number of hydrogen-bond donors (Lipinski definition) is 1. The van der Waals surface area contributed by atoms with Crippen molar-refractivity contribution in [2.45, 2.75) is 52.6 Å². The van der Waals surface area contributed by atoms with Gasteiger partial charge in [-0.3, -0.25) is 4.68 Å². The number of aryl methyl sites for hydroxylation is 1. The van der Waals surface area contributed by atoms with Crippen molar-refractivity contribution in [3.8, 4) is 0 Å². The maximum absolute atomic E-state index is 3.98. The fourth-order valence-corrected chi connectivity index (χ4v) is 3.14. The molecule has 1 saturated carbocycles. The van der Waals surface area contributed by atoms with Crippen LogP contribution < -0.4 is 5.32 Å². The largest absolute Gasteiger partial charge is 0.308 e. The van der Waals surface area contributed by atoms with Crippen LogP contribution in [-0.4, -0.2) is 21.0 Å². The molecule has 1 aliphatic rings. The van der Waals surface area contributed by atoms with Gasteiger partial charge in [0.25, 0.3) is 0 Å². The Hall–Kier alpha value is -0.900. The molecule has 1 heterocycles. The second-order valence-electron chi connectivity index (χ2n) is 6.16. The van der Waals surface area contributed by atoms with E-state index in [4.69, 9.17) is 0 Å². The average Bonchev–Trinajstić information content (AvgIpc) is 2.72. The predicted molar refractivity (Wildman–Crippen MR) is 73.0 cm³/mol. The normalized spacial score (nSPS) is 28.8. The lowest BCUT2D eigenvalue weighted by atomic mass is 9.74. The van der Waals surface area contributed by atoms with Crippen LogP contribution in [0, 0.1) is 17.8 Å². The highest BCUT2D eigenvalue weighted by Crippen LogP contribution is 2.33. The number of aromatic nitrogens is 3. The van der Waals surface area contributed by atoms with E-state index in [-0.39, 0.29) is 0 Å². The lowest BCUT2D eigenvalue weighted by molar-refractivity contribution is 0.168. The van der Waals surface area contributed by atoms with E-state index in [0.717, 1.165) is 30.0 Å². The van der Waals surface area contributed by atoms with Crippen molar-refractivity contribution in [2.24, 2.45) is 24.8 Å². The van der Waals surface area contributed by atoms with E-state index in [1.165, 1.54) is 19.3 Å². The summed E-state index contributed by atoms with van der Waals surface area (Å²) in [4.78, 5) is 0. The quantitative estimate of drug-likeness (QED) is 0.892. The second-order valence-corrected chi connectivity index (χ2v) is 6.16. The zero-order valence-electron chi connectivity index (χ0n) is 12.1. The van der Waals surface area contributed by atoms with Crippen LogP contribution in [0.1, 0.15) is 45.7 Å². The molecule has 102 valence electrons. The molecule has 0 bridgehead atoms. The number of nitrogens with zero attached hydrogens (tertiary/aromatic N) is 3. The van der Waals surface area contributed by atoms with Crippen LogP contribution in [0.2, 0.25) is 0 Å². The summed E-state index contributed by atoms with van der Waals surface area (Å²) in [6.45, 7) is 7.95. The van der Waals surface area contributed by atoms with Crippen LogP contribution in [0.25, 0.3) is 0 Å². The highest BCUT2D eigenvalue weighted by molar-refractivity contribution is 4.94. The van der Waals surface area contributed by atoms with Crippen LogP contribution >= 0.6 is 0 Å². The minimum Gasteiger partial charge on any atom is -0.308 e. The molecule has 2 rings (SSSR count). The molecule has 0 saturated heterocycles. The standard InChI is InChI=1S/C14H26N4/c1-10(2)13-6-5-11(3)7-14(13)15-8-12-9-16-17-18(12)4/h9-11,13-15H,5-8H2,1-4H3. The summed E-state index contributed by atoms with van der Waals surface area (Å²) >= 11 is 0. The molecule has 1 aromatic rings. The average molecular weight is 250 g/mol. The number of rotatable bonds is 4. The molecule has 1 N–H and O–H groups in total. The van der Waals surface area contributed by atoms with E-state index in [2.05, 4.69) is 36.4 Å². The Morgan fingerprint density at radius 1 is 1.44 bits per heavy atom. The molecule has 4 heteroatoms. The van der Waals surface area contributed by atoms with E-state index >= 15 is 0 Å². The van der Waals surface area contributed by atoms with Crippen molar-refractivity contribution in [2.75, 3.05) is 0 Å². The van der Waals surface area contributed by atoms with Gasteiger partial charge in [0.2, 0.25) is 0 Å². The predicted octanol–water partition coefficient (Wildman–Crippen LogP) is 2.37. The first-order chi connectivity index (χ1) is 8.58. The Morgan fingerprint density at radius 2 is 2.22 bits per heavy atom. The monoisotopic (exact) mass is 250 g/mol. The molecule has 1 aromatic heterocycles. The summed E-state index contributed by atoms with van der Waals surface area (Å²) in [5.41, 5.74) is 1.16. The van der Waals surface area contributed by atoms with Gasteiger partial charge in [-0.15, -0.1) is 5.10 Å². The van der Waals surface area contributed by atoms with E-state index < -0.39 is 0 Å². The summed E-state index contributed by atoms with van der Waals surface area (Å²) in [7, 11) is 1.95. The summed E-state index contributed by atoms with van der Waals surface area (Å²) < 4.78 is 1.85. The minimum atomic E-state index is 0.642. The van der Waals surface area contributed by atoms with E-state index in [1.54, 1.807) is 0 Å². The number of hydrogen-bond acceptors (Lipinski definition) is 3. The molecule has 0 spiro atoms. The smallest absolute Gasteiger partial charge is 0.0738 e. The van der Waals surface area contributed by atoms with Crippen molar-refractivity contribution in [1.82, 2.24) is 20.3 Å². The maximum Gasteiger partial charge on any atom is 0.0738 e. The van der Waals surface area contributed by atoms with Gasteiger partial charge in [-0.05, 0) is 30.6 Å². The lowest BCUT2D eigenvalue weighted by Crippen LogP contribution is -2.42. The fraction of sp³-hybridized carbons (Fsp3) is 0.857. The molecule has 0 aliphatic heterocycles. The Balaban J connectivity index is 1.94. The van der Waals surface area contributed by atoms with Crippen LogP contribution in [0.5, 0.6) is 0 Å². The molecule has 1 fully saturated rings. The van der Waals surface area contributed by atoms with Crippen LogP contribution in [0.3, 0.4) is 0 Å². The molecular weight excluding hydrogens is 224 g/mol. The summed E-state index contributed by atoms with van der Waals surface area (Å²) in [5.74, 6) is 2.42. The van der Waals surface area contributed by atoms with Crippen molar-refractivity contribution in [3.63, 3.8) is 0 Å². The Bertz CT molecular complexity index is 372. The highest BCUT2D eigenvalue weighted by Gasteiger charge is 2.30. The summed E-state index contributed by atoms with van der Waals surface area (Å²) in [6.07, 6.45) is 5.90. The molecule has 0 amide bonds. The molecule has 0 aromatic carbocycles. The van der Waals surface area contributed by atoms with Gasteiger partial charge in [-0.1, -0.05) is 32.4 Å². The Morgan fingerprint density at radius 3 is 2.83 bits per heavy atom. The molecule has 0 radical (unpaired) electrons. The van der Waals surface area contributed by atoms with Gasteiger partial charge < -0.3 is 5.32 Å². The minimum absolute atomic E-state index is 0.642. The first-order valence-electron chi connectivity index (χ1n) is 7.15. The summed E-state index contributed by atoms with van der Waals surface area (Å²) in [6, 6.07) is 0.642. The molecule has 1 aliphatic carbocycles. The van der Waals surface area contributed by atoms with Crippen molar-refractivity contribution in [3.05, 3.63) is 11.9 Å². The van der Waals surface area contributed by atoms with Gasteiger partial charge in [0, 0.05) is 19.6 Å². The molecule has 3 atom stereocenters. The van der Waals surface area contributed by atoms with Crippen molar-refractivity contribution >= 4 is 0 Å².